The zero-order valence-corrected chi connectivity index (χ0v) is 14.4. The van der Waals surface area contributed by atoms with Gasteiger partial charge in [0.1, 0.15) is 0 Å². The van der Waals surface area contributed by atoms with Gasteiger partial charge in [-0.2, -0.15) is 4.68 Å². The first-order valence-corrected chi connectivity index (χ1v) is 7.67. The van der Waals surface area contributed by atoms with Crippen molar-refractivity contribution in [1.29, 1.82) is 0 Å². The standard InChI is InChI=1S/C15H16N6O6/c1-9(8-19-10(2)7-13(17-19)21(25)26)15(22)27-18-14(16)11-3-5-12(6-4-11)20(23)24/h3-7,9H,8H2,1-2H3,(H2,16,18). The fourth-order valence-electron chi connectivity index (χ4n) is 2.09. The van der Waals surface area contributed by atoms with Gasteiger partial charge in [-0.3, -0.25) is 10.1 Å². The van der Waals surface area contributed by atoms with E-state index in [1.165, 1.54) is 35.0 Å². The van der Waals surface area contributed by atoms with E-state index in [1.54, 1.807) is 13.8 Å². The van der Waals surface area contributed by atoms with Gasteiger partial charge in [-0.1, -0.05) is 5.16 Å². The number of non-ortho nitro benzene ring substituents is 1. The number of nitro groups is 2. The zero-order chi connectivity index (χ0) is 20.1. The number of aryl methyl sites for hydroxylation is 1. The molecule has 12 nitrogen and oxygen atoms in total. The predicted octanol–water partition coefficient (Wildman–Crippen LogP) is 1.51. The first-order chi connectivity index (χ1) is 12.7. The average Bonchev–Trinajstić information content (AvgIpc) is 3.00. The number of nitro benzene ring substituents is 1. The molecule has 2 rings (SSSR count). The Labute approximate surface area is 152 Å². The summed E-state index contributed by atoms with van der Waals surface area (Å²) >= 11 is 0. The van der Waals surface area contributed by atoms with E-state index >= 15 is 0 Å². The third-order valence-electron chi connectivity index (χ3n) is 3.61. The van der Waals surface area contributed by atoms with Gasteiger partial charge in [-0.15, -0.1) is 0 Å². The van der Waals surface area contributed by atoms with Crippen LogP contribution in [0.15, 0.2) is 35.5 Å². The van der Waals surface area contributed by atoms with E-state index in [0.29, 0.717) is 11.3 Å². The van der Waals surface area contributed by atoms with Crippen molar-refractivity contribution in [3.8, 4) is 0 Å². The Bertz CT molecular complexity index is 904. The molecule has 0 amide bonds. The number of hydrogen-bond acceptors (Lipinski definition) is 8. The maximum absolute atomic E-state index is 12.0. The van der Waals surface area contributed by atoms with Gasteiger partial charge in [-0.05, 0) is 30.9 Å². The van der Waals surface area contributed by atoms with Crippen LogP contribution in [-0.4, -0.2) is 31.4 Å². The smallest absolute Gasteiger partial charge is 0.380 e. The van der Waals surface area contributed by atoms with Crippen LogP contribution in [0.25, 0.3) is 0 Å². The summed E-state index contributed by atoms with van der Waals surface area (Å²) in [6, 6.07) is 6.54. The Balaban J connectivity index is 2.00. The van der Waals surface area contributed by atoms with Crippen molar-refractivity contribution in [2.75, 3.05) is 0 Å². The highest BCUT2D eigenvalue weighted by Gasteiger charge is 2.22. The molecule has 1 unspecified atom stereocenters. The molecule has 27 heavy (non-hydrogen) atoms. The highest BCUT2D eigenvalue weighted by molar-refractivity contribution is 5.97. The fraction of sp³-hybridized carbons (Fsp3) is 0.267. The van der Waals surface area contributed by atoms with Gasteiger partial charge >= 0.3 is 11.8 Å². The number of rotatable bonds is 7. The number of carbonyl (C=O) groups excluding carboxylic acids is 1. The number of nitrogens with two attached hydrogens (primary N) is 1. The molecule has 0 aliphatic rings. The monoisotopic (exact) mass is 376 g/mol. The van der Waals surface area contributed by atoms with Crippen LogP contribution in [0.3, 0.4) is 0 Å². The van der Waals surface area contributed by atoms with Crippen LogP contribution >= 0.6 is 0 Å². The van der Waals surface area contributed by atoms with E-state index in [1.807, 2.05) is 0 Å². The molecule has 1 aromatic heterocycles. The molecule has 0 saturated heterocycles. The molecular weight excluding hydrogens is 360 g/mol. The van der Waals surface area contributed by atoms with Crippen LogP contribution in [0.2, 0.25) is 0 Å². The topological polar surface area (TPSA) is 169 Å². The third kappa shape index (κ3) is 4.84. The third-order valence-corrected chi connectivity index (χ3v) is 3.61. The largest absolute Gasteiger partial charge is 0.390 e. The van der Waals surface area contributed by atoms with E-state index in [9.17, 15) is 25.0 Å². The first-order valence-electron chi connectivity index (χ1n) is 7.67. The van der Waals surface area contributed by atoms with Crippen molar-refractivity contribution in [2.24, 2.45) is 16.8 Å². The molecule has 0 radical (unpaired) electrons. The highest BCUT2D eigenvalue weighted by Crippen LogP contribution is 2.14. The Morgan fingerprint density at radius 2 is 1.93 bits per heavy atom. The molecule has 2 N–H and O–H groups in total. The molecule has 142 valence electrons. The van der Waals surface area contributed by atoms with E-state index in [-0.39, 0.29) is 23.9 Å². The average molecular weight is 376 g/mol. The second-order valence-corrected chi connectivity index (χ2v) is 5.68. The Morgan fingerprint density at radius 1 is 1.30 bits per heavy atom. The van der Waals surface area contributed by atoms with E-state index in [2.05, 4.69) is 10.3 Å². The summed E-state index contributed by atoms with van der Waals surface area (Å²) in [6.45, 7) is 3.24. The van der Waals surface area contributed by atoms with E-state index < -0.39 is 21.7 Å². The number of carbonyl (C=O) groups is 1. The normalized spacial score (nSPS) is 12.4. The molecule has 0 fully saturated rings. The SMILES string of the molecule is Cc1cc([N+](=O)[O-])nn1CC(C)C(=O)O/N=C(\N)c1ccc([N+](=O)[O-])cc1. The molecule has 1 atom stereocenters. The molecule has 0 aliphatic carbocycles. The number of oxime groups is 1. The summed E-state index contributed by atoms with van der Waals surface area (Å²) < 4.78 is 1.33. The summed E-state index contributed by atoms with van der Waals surface area (Å²) in [7, 11) is 0. The number of benzene rings is 1. The molecule has 2 aromatic rings. The lowest BCUT2D eigenvalue weighted by Crippen LogP contribution is -2.22. The minimum atomic E-state index is -0.711. The van der Waals surface area contributed by atoms with Gasteiger partial charge in [0.15, 0.2) is 5.84 Å². The quantitative estimate of drug-likeness (QED) is 0.249. The molecular formula is C15H16N6O6. The first kappa shape index (κ1) is 19.5. The summed E-state index contributed by atoms with van der Waals surface area (Å²) in [4.78, 5) is 37.0. The van der Waals surface area contributed by atoms with Crippen molar-refractivity contribution in [2.45, 2.75) is 20.4 Å². The lowest BCUT2D eigenvalue weighted by Gasteiger charge is -2.07. The second kappa shape index (κ2) is 8.03. The van der Waals surface area contributed by atoms with E-state index in [0.717, 1.165) is 0 Å². The van der Waals surface area contributed by atoms with Crippen LogP contribution in [0.5, 0.6) is 0 Å². The number of hydrogen-bond donors (Lipinski definition) is 1. The van der Waals surface area contributed by atoms with Gasteiger partial charge in [-0.25, -0.2) is 4.79 Å². The zero-order valence-electron chi connectivity index (χ0n) is 14.4. The molecule has 0 aliphatic heterocycles. The van der Waals surface area contributed by atoms with Crippen LogP contribution in [0.1, 0.15) is 18.2 Å². The minimum absolute atomic E-state index is 0.0610. The van der Waals surface area contributed by atoms with Gasteiger partial charge in [0.25, 0.3) is 5.69 Å². The van der Waals surface area contributed by atoms with Gasteiger partial charge in [0, 0.05) is 17.7 Å². The number of amidine groups is 1. The molecule has 1 aromatic carbocycles. The maximum Gasteiger partial charge on any atom is 0.390 e. The van der Waals surface area contributed by atoms with Crippen molar-refractivity contribution in [3.05, 3.63) is 61.8 Å². The van der Waals surface area contributed by atoms with Gasteiger partial charge < -0.3 is 20.7 Å². The summed E-state index contributed by atoms with van der Waals surface area (Å²) in [5, 5.41) is 28.7. The van der Waals surface area contributed by atoms with Crippen LogP contribution in [0.4, 0.5) is 11.5 Å². The molecule has 0 bridgehead atoms. The molecule has 1 heterocycles. The van der Waals surface area contributed by atoms with Crippen LogP contribution in [-0.2, 0) is 16.2 Å². The Morgan fingerprint density at radius 3 is 2.44 bits per heavy atom. The van der Waals surface area contributed by atoms with Crippen molar-refractivity contribution in [1.82, 2.24) is 9.78 Å². The second-order valence-electron chi connectivity index (χ2n) is 5.68. The summed E-state index contributed by atoms with van der Waals surface area (Å²) in [6.07, 6.45) is 0. The molecule has 0 spiro atoms. The fourth-order valence-corrected chi connectivity index (χ4v) is 2.09. The van der Waals surface area contributed by atoms with Crippen molar-refractivity contribution < 1.29 is 19.5 Å². The molecule has 0 saturated carbocycles. The van der Waals surface area contributed by atoms with E-state index in [4.69, 9.17) is 10.6 Å². The highest BCUT2D eigenvalue weighted by atomic mass is 16.7. The summed E-state index contributed by atoms with van der Waals surface area (Å²) in [5.41, 5.74) is 6.45. The van der Waals surface area contributed by atoms with Crippen LogP contribution < -0.4 is 5.73 Å². The van der Waals surface area contributed by atoms with Crippen LogP contribution in [0, 0.1) is 33.1 Å². The Hall–Kier alpha value is -3.83. The maximum atomic E-state index is 12.0. The lowest BCUT2D eigenvalue weighted by atomic mass is 10.2. The number of nitrogens with zero attached hydrogens (tertiary/aromatic N) is 5. The molecule has 12 heteroatoms. The van der Waals surface area contributed by atoms with Crippen molar-refractivity contribution >= 4 is 23.3 Å². The van der Waals surface area contributed by atoms with Gasteiger partial charge in [0.05, 0.1) is 34.2 Å². The lowest BCUT2D eigenvalue weighted by molar-refractivity contribution is -0.389. The van der Waals surface area contributed by atoms with Crippen molar-refractivity contribution in [3.63, 3.8) is 0 Å². The number of aromatic nitrogens is 2. The Kier molecular flexibility index (Phi) is 5.80. The van der Waals surface area contributed by atoms with Gasteiger partial charge in [0.2, 0.25) is 0 Å². The summed E-state index contributed by atoms with van der Waals surface area (Å²) in [5.74, 6) is -1.85. The predicted molar refractivity (Wildman–Crippen MR) is 92.7 cm³/mol. The minimum Gasteiger partial charge on any atom is -0.380 e.